The van der Waals surface area contributed by atoms with Gasteiger partial charge < -0.3 is 15.4 Å². The van der Waals surface area contributed by atoms with Crippen LogP contribution in [0.2, 0.25) is 0 Å². The van der Waals surface area contributed by atoms with Gasteiger partial charge in [0.25, 0.3) is 0 Å². The van der Waals surface area contributed by atoms with Gasteiger partial charge in [-0.05, 0) is 25.5 Å². The number of carbonyl (C=O) groups is 1. The number of aromatic nitrogens is 1. The van der Waals surface area contributed by atoms with Gasteiger partial charge in [-0.15, -0.1) is 0 Å². The normalized spacial score (nSPS) is 17.2. The van der Waals surface area contributed by atoms with Crippen molar-refractivity contribution in [3.05, 3.63) is 18.3 Å². The Balaban J connectivity index is 2.01. The maximum Gasteiger partial charge on any atom is 0.244 e. The first-order valence-corrected chi connectivity index (χ1v) is 9.47. The molecule has 1 aliphatic heterocycles. The number of nitrogens with zero attached hydrogens (tertiary/aromatic N) is 2. The molecule has 0 saturated carbocycles. The highest BCUT2D eigenvalue weighted by Gasteiger charge is 2.26. The van der Waals surface area contributed by atoms with Crippen LogP contribution in [-0.4, -0.2) is 62.5 Å². The number of rotatable bonds is 7. The Morgan fingerprint density at radius 3 is 2.67 bits per heavy atom. The number of anilines is 1. The van der Waals surface area contributed by atoms with Crippen LogP contribution >= 0.6 is 0 Å². The van der Waals surface area contributed by atoms with Crippen LogP contribution in [-0.2, 0) is 19.6 Å². The summed E-state index contributed by atoms with van der Waals surface area (Å²) in [6.45, 7) is 5.81. The molecule has 0 radical (unpaired) electrons. The Hall–Kier alpha value is -1.71. The Kier molecular flexibility index (Phi) is 6.52. The Labute approximate surface area is 142 Å². The third-order valence-corrected chi connectivity index (χ3v) is 5.53. The van der Waals surface area contributed by atoms with Gasteiger partial charge in [0.2, 0.25) is 15.9 Å². The molecule has 2 N–H and O–H groups in total. The molecule has 1 amide bonds. The van der Waals surface area contributed by atoms with Crippen molar-refractivity contribution in [2.45, 2.75) is 31.2 Å². The molecule has 1 fully saturated rings. The molecule has 2 rings (SSSR count). The van der Waals surface area contributed by atoms with E-state index < -0.39 is 16.1 Å². The zero-order chi connectivity index (χ0) is 17.6. The number of ether oxygens (including phenoxy) is 1. The predicted octanol–water partition coefficient (Wildman–Crippen LogP) is 0.429. The van der Waals surface area contributed by atoms with E-state index in [2.05, 4.69) is 15.6 Å². The minimum atomic E-state index is -3.55. The number of carbonyl (C=O) groups excluding carboxylic acids is 1. The van der Waals surface area contributed by atoms with Gasteiger partial charge in [-0.1, -0.05) is 6.92 Å². The quantitative estimate of drug-likeness (QED) is 0.735. The summed E-state index contributed by atoms with van der Waals surface area (Å²) in [4.78, 5) is 16.1. The minimum absolute atomic E-state index is 0.122. The van der Waals surface area contributed by atoms with Crippen LogP contribution in [0, 0.1) is 0 Å². The summed E-state index contributed by atoms with van der Waals surface area (Å²) in [7, 11) is -3.55. The molecule has 0 spiro atoms. The van der Waals surface area contributed by atoms with Gasteiger partial charge in [0.1, 0.15) is 16.8 Å². The first-order valence-electron chi connectivity index (χ1n) is 8.03. The lowest BCUT2D eigenvalue weighted by Gasteiger charge is -2.25. The van der Waals surface area contributed by atoms with Gasteiger partial charge in [-0.3, -0.25) is 4.79 Å². The first kappa shape index (κ1) is 18.6. The highest BCUT2D eigenvalue weighted by atomic mass is 32.2. The van der Waals surface area contributed by atoms with Gasteiger partial charge >= 0.3 is 0 Å². The number of hydrogen-bond acceptors (Lipinski definition) is 6. The molecule has 0 aliphatic carbocycles. The number of amides is 1. The van der Waals surface area contributed by atoms with E-state index in [0.29, 0.717) is 38.7 Å². The molecule has 1 aromatic heterocycles. The van der Waals surface area contributed by atoms with Crippen LogP contribution in [0.1, 0.15) is 20.3 Å². The Bertz CT molecular complexity index is 642. The van der Waals surface area contributed by atoms with Gasteiger partial charge in [0, 0.05) is 25.8 Å². The fourth-order valence-corrected chi connectivity index (χ4v) is 3.60. The number of hydrogen-bond donors (Lipinski definition) is 2. The van der Waals surface area contributed by atoms with Crippen molar-refractivity contribution in [3.63, 3.8) is 0 Å². The highest BCUT2D eigenvalue weighted by molar-refractivity contribution is 7.89. The molecule has 2 heterocycles. The van der Waals surface area contributed by atoms with Crippen LogP contribution in [0.15, 0.2) is 23.2 Å². The largest absolute Gasteiger partial charge is 0.379 e. The molecule has 1 saturated heterocycles. The summed E-state index contributed by atoms with van der Waals surface area (Å²) in [5, 5.41) is 5.74. The molecule has 8 nitrogen and oxygen atoms in total. The molecule has 1 aromatic rings. The average molecular weight is 356 g/mol. The van der Waals surface area contributed by atoms with Crippen LogP contribution in [0.3, 0.4) is 0 Å². The summed E-state index contributed by atoms with van der Waals surface area (Å²) in [5.41, 5.74) is 0. The van der Waals surface area contributed by atoms with Crippen LogP contribution in [0.4, 0.5) is 5.82 Å². The smallest absolute Gasteiger partial charge is 0.244 e. The summed E-state index contributed by atoms with van der Waals surface area (Å²) in [6.07, 6.45) is 2.18. The maximum atomic E-state index is 12.5. The van der Waals surface area contributed by atoms with E-state index in [-0.39, 0.29) is 10.8 Å². The second-order valence-electron chi connectivity index (χ2n) is 5.55. The van der Waals surface area contributed by atoms with Gasteiger partial charge in [-0.2, -0.15) is 4.31 Å². The topological polar surface area (TPSA) is 101 Å². The van der Waals surface area contributed by atoms with Crippen molar-refractivity contribution >= 4 is 21.7 Å². The summed E-state index contributed by atoms with van der Waals surface area (Å²) in [6, 6.07) is 2.61. The monoisotopic (exact) mass is 356 g/mol. The average Bonchev–Trinajstić information content (AvgIpc) is 2.60. The number of morpholine rings is 1. The summed E-state index contributed by atoms with van der Waals surface area (Å²) in [5.74, 6) is 0.332. The fraction of sp³-hybridized carbons (Fsp3) is 0.600. The number of sulfonamides is 1. The SMILES string of the molecule is CCCNC(=O)[C@@H](C)Nc1ccc(S(=O)(=O)N2CCOCC2)cn1. The lowest BCUT2D eigenvalue weighted by atomic mass is 10.3. The standard InChI is InChI=1S/C15H24N4O4S/c1-3-6-16-15(20)12(2)18-14-5-4-13(11-17-14)24(21,22)19-7-9-23-10-8-19/h4-5,11-12H,3,6-10H2,1-2H3,(H,16,20)(H,17,18)/t12-/m1/s1. The highest BCUT2D eigenvalue weighted by Crippen LogP contribution is 2.17. The van der Waals surface area contributed by atoms with E-state index >= 15 is 0 Å². The van der Waals surface area contributed by atoms with E-state index in [1.54, 1.807) is 13.0 Å². The second-order valence-corrected chi connectivity index (χ2v) is 7.49. The van der Waals surface area contributed by atoms with Crippen LogP contribution in [0.5, 0.6) is 0 Å². The Morgan fingerprint density at radius 2 is 2.08 bits per heavy atom. The molecular formula is C15H24N4O4S. The van der Waals surface area contributed by atoms with E-state index in [1.807, 2.05) is 6.92 Å². The Morgan fingerprint density at radius 1 is 1.38 bits per heavy atom. The van der Waals surface area contributed by atoms with Gasteiger partial charge in [0.05, 0.1) is 13.2 Å². The van der Waals surface area contributed by atoms with Gasteiger partial charge in [-0.25, -0.2) is 13.4 Å². The van der Waals surface area contributed by atoms with Crippen molar-refractivity contribution in [1.82, 2.24) is 14.6 Å². The molecule has 1 aliphatic rings. The van der Waals surface area contributed by atoms with Gasteiger partial charge in [0.15, 0.2) is 0 Å². The van der Waals surface area contributed by atoms with Crippen molar-refractivity contribution < 1.29 is 17.9 Å². The summed E-state index contributed by atoms with van der Waals surface area (Å²) < 4.78 is 31.6. The lowest BCUT2D eigenvalue weighted by Crippen LogP contribution is -2.40. The zero-order valence-corrected chi connectivity index (χ0v) is 14.8. The lowest BCUT2D eigenvalue weighted by molar-refractivity contribution is -0.121. The summed E-state index contributed by atoms with van der Waals surface area (Å²) >= 11 is 0. The molecule has 0 unspecified atom stereocenters. The predicted molar refractivity (Wildman–Crippen MR) is 90.2 cm³/mol. The first-order chi connectivity index (χ1) is 11.4. The van der Waals surface area contributed by atoms with E-state index in [0.717, 1.165) is 6.42 Å². The van der Waals surface area contributed by atoms with Crippen molar-refractivity contribution in [2.24, 2.45) is 0 Å². The zero-order valence-electron chi connectivity index (χ0n) is 14.0. The van der Waals surface area contributed by atoms with E-state index in [9.17, 15) is 13.2 Å². The van der Waals surface area contributed by atoms with E-state index in [1.165, 1.54) is 16.6 Å². The van der Waals surface area contributed by atoms with Crippen molar-refractivity contribution in [1.29, 1.82) is 0 Å². The molecule has 0 aromatic carbocycles. The fourth-order valence-electron chi connectivity index (χ4n) is 2.24. The molecule has 0 bridgehead atoms. The second kappa shape index (κ2) is 8.41. The minimum Gasteiger partial charge on any atom is -0.379 e. The maximum absolute atomic E-state index is 12.5. The molecule has 1 atom stereocenters. The number of pyridine rings is 1. The molecular weight excluding hydrogens is 332 g/mol. The molecule has 24 heavy (non-hydrogen) atoms. The third kappa shape index (κ3) is 4.65. The van der Waals surface area contributed by atoms with Crippen LogP contribution < -0.4 is 10.6 Å². The van der Waals surface area contributed by atoms with Crippen molar-refractivity contribution in [2.75, 3.05) is 38.2 Å². The third-order valence-electron chi connectivity index (χ3n) is 3.65. The molecule has 134 valence electrons. The van der Waals surface area contributed by atoms with E-state index in [4.69, 9.17) is 4.74 Å². The van der Waals surface area contributed by atoms with Crippen LogP contribution in [0.25, 0.3) is 0 Å². The number of nitrogens with one attached hydrogen (secondary N) is 2. The van der Waals surface area contributed by atoms with Crippen molar-refractivity contribution in [3.8, 4) is 0 Å². The molecule has 9 heteroatoms.